The standard InChI is InChI=1S/C12H17ClN2O2/c1-3-10(4-2)14-8-9-5-6-11(15(16)17)7-12(9)13/h5-7,10,14H,3-4,8H2,1-2H3. The lowest BCUT2D eigenvalue weighted by molar-refractivity contribution is -0.384. The highest BCUT2D eigenvalue weighted by Gasteiger charge is 2.10. The van der Waals surface area contributed by atoms with Crippen LogP contribution in [-0.4, -0.2) is 11.0 Å². The van der Waals surface area contributed by atoms with Crippen LogP contribution in [0, 0.1) is 10.1 Å². The van der Waals surface area contributed by atoms with Crippen molar-refractivity contribution in [1.29, 1.82) is 0 Å². The lowest BCUT2D eigenvalue weighted by Gasteiger charge is -2.15. The molecule has 0 atom stereocenters. The van der Waals surface area contributed by atoms with Crippen molar-refractivity contribution in [2.24, 2.45) is 0 Å². The van der Waals surface area contributed by atoms with Crippen LogP contribution in [0.2, 0.25) is 5.02 Å². The Morgan fingerprint density at radius 1 is 1.41 bits per heavy atom. The van der Waals surface area contributed by atoms with Gasteiger partial charge in [-0.05, 0) is 24.5 Å². The van der Waals surface area contributed by atoms with Crippen LogP contribution in [0.4, 0.5) is 5.69 Å². The van der Waals surface area contributed by atoms with E-state index in [4.69, 9.17) is 11.6 Å². The summed E-state index contributed by atoms with van der Waals surface area (Å²) >= 11 is 6.00. The van der Waals surface area contributed by atoms with E-state index in [0.717, 1.165) is 18.4 Å². The first-order valence-corrected chi connectivity index (χ1v) is 6.12. The van der Waals surface area contributed by atoms with Gasteiger partial charge in [0.15, 0.2) is 0 Å². The van der Waals surface area contributed by atoms with Gasteiger partial charge in [-0.15, -0.1) is 0 Å². The van der Waals surface area contributed by atoms with Crippen molar-refractivity contribution >= 4 is 17.3 Å². The minimum atomic E-state index is -0.440. The summed E-state index contributed by atoms with van der Waals surface area (Å²) < 4.78 is 0. The molecule has 0 amide bonds. The largest absolute Gasteiger partial charge is 0.310 e. The fraction of sp³-hybridized carbons (Fsp3) is 0.500. The summed E-state index contributed by atoms with van der Waals surface area (Å²) in [5.41, 5.74) is 0.922. The van der Waals surface area contributed by atoms with E-state index in [-0.39, 0.29) is 5.69 Å². The Kier molecular flexibility index (Phi) is 5.38. The zero-order chi connectivity index (χ0) is 12.8. The molecule has 0 aliphatic carbocycles. The maximum atomic E-state index is 10.6. The average molecular weight is 257 g/mol. The predicted molar refractivity (Wildman–Crippen MR) is 69.3 cm³/mol. The number of nitro benzene ring substituents is 1. The van der Waals surface area contributed by atoms with Crippen LogP contribution in [0.1, 0.15) is 32.3 Å². The third kappa shape index (κ3) is 3.98. The second-order valence-electron chi connectivity index (χ2n) is 3.93. The molecule has 0 aliphatic rings. The van der Waals surface area contributed by atoms with Gasteiger partial charge >= 0.3 is 0 Å². The molecule has 0 fully saturated rings. The van der Waals surface area contributed by atoms with Crippen LogP contribution in [0.3, 0.4) is 0 Å². The molecule has 1 aromatic carbocycles. The highest BCUT2D eigenvalue weighted by Crippen LogP contribution is 2.22. The quantitative estimate of drug-likeness (QED) is 0.626. The Morgan fingerprint density at radius 2 is 2.06 bits per heavy atom. The minimum absolute atomic E-state index is 0.0290. The van der Waals surface area contributed by atoms with E-state index in [0.29, 0.717) is 17.6 Å². The highest BCUT2D eigenvalue weighted by atomic mass is 35.5. The third-order valence-corrected chi connectivity index (χ3v) is 3.17. The molecular formula is C12H17ClN2O2. The van der Waals surface area contributed by atoms with Gasteiger partial charge < -0.3 is 5.32 Å². The number of hydrogen-bond acceptors (Lipinski definition) is 3. The first-order chi connectivity index (χ1) is 8.08. The zero-order valence-corrected chi connectivity index (χ0v) is 10.8. The molecule has 0 radical (unpaired) electrons. The van der Waals surface area contributed by atoms with Gasteiger partial charge in [-0.1, -0.05) is 25.4 Å². The molecule has 0 saturated heterocycles. The Hall–Kier alpha value is -1.13. The normalized spacial score (nSPS) is 10.8. The van der Waals surface area contributed by atoms with Gasteiger partial charge in [0.2, 0.25) is 0 Å². The van der Waals surface area contributed by atoms with E-state index in [2.05, 4.69) is 19.2 Å². The van der Waals surface area contributed by atoms with E-state index in [1.807, 2.05) is 0 Å². The molecular weight excluding hydrogens is 240 g/mol. The lowest BCUT2D eigenvalue weighted by atomic mass is 10.1. The first kappa shape index (κ1) is 13.9. The maximum absolute atomic E-state index is 10.6. The van der Waals surface area contributed by atoms with Crippen LogP contribution in [-0.2, 0) is 6.54 Å². The van der Waals surface area contributed by atoms with Crippen molar-refractivity contribution in [2.75, 3.05) is 0 Å². The molecule has 0 bridgehead atoms. The lowest BCUT2D eigenvalue weighted by Crippen LogP contribution is -2.27. The zero-order valence-electron chi connectivity index (χ0n) is 10.1. The predicted octanol–water partition coefficient (Wildman–Crippen LogP) is 3.53. The number of halogens is 1. The summed E-state index contributed by atoms with van der Waals surface area (Å²) in [7, 11) is 0. The van der Waals surface area contributed by atoms with Crippen molar-refractivity contribution in [2.45, 2.75) is 39.3 Å². The Balaban J connectivity index is 2.69. The van der Waals surface area contributed by atoms with E-state index in [1.165, 1.54) is 12.1 Å². The molecule has 0 heterocycles. The van der Waals surface area contributed by atoms with Gasteiger partial charge in [0.1, 0.15) is 0 Å². The minimum Gasteiger partial charge on any atom is -0.310 e. The third-order valence-electron chi connectivity index (χ3n) is 2.81. The average Bonchev–Trinajstić information content (AvgIpc) is 2.31. The van der Waals surface area contributed by atoms with Gasteiger partial charge in [0, 0.05) is 24.7 Å². The van der Waals surface area contributed by atoms with Crippen molar-refractivity contribution in [3.63, 3.8) is 0 Å². The SMILES string of the molecule is CCC(CC)NCc1ccc([N+](=O)[O-])cc1Cl. The molecule has 1 aromatic rings. The van der Waals surface area contributed by atoms with Crippen LogP contribution >= 0.6 is 11.6 Å². The molecule has 4 nitrogen and oxygen atoms in total. The summed E-state index contributed by atoms with van der Waals surface area (Å²) in [6.45, 7) is 4.89. The van der Waals surface area contributed by atoms with Gasteiger partial charge in [0.05, 0.1) is 9.95 Å². The van der Waals surface area contributed by atoms with Crippen LogP contribution in [0.15, 0.2) is 18.2 Å². The topological polar surface area (TPSA) is 55.2 Å². The van der Waals surface area contributed by atoms with E-state index in [9.17, 15) is 10.1 Å². The number of nitrogens with one attached hydrogen (secondary N) is 1. The summed E-state index contributed by atoms with van der Waals surface area (Å²) in [5.74, 6) is 0. The molecule has 0 saturated carbocycles. The van der Waals surface area contributed by atoms with Gasteiger partial charge in [-0.2, -0.15) is 0 Å². The number of nitro groups is 1. The first-order valence-electron chi connectivity index (χ1n) is 5.74. The van der Waals surface area contributed by atoms with Crippen molar-refractivity contribution < 1.29 is 4.92 Å². The fourth-order valence-electron chi connectivity index (χ4n) is 1.62. The van der Waals surface area contributed by atoms with Crippen molar-refractivity contribution in [3.8, 4) is 0 Å². The summed E-state index contributed by atoms with van der Waals surface area (Å²) in [4.78, 5) is 10.1. The molecule has 1 N–H and O–H groups in total. The molecule has 0 aromatic heterocycles. The summed E-state index contributed by atoms with van der Waals surface area (Å²) in [5, 5.41) is 14.4. The van der Waals surface area contributed by atoms with Crippen LogP contribution in [0.25, 0.3) is 0 Å². The smallest absolute Gasteiger partial charge is 0.270 e. The molecule has 17 heavy (non-hydrogen) atoms. The number of rotatable bonds is 6. The van der Waals surface area contributed by atoms with E-state index >= 15 is 0 Å². The number of non-ortho nitro benzene ring substituents is 1. The monoisotopic (exact) mass is 256 g/mol. The highest BCUT2D eigenvalue weighted by molar-refractivity contribution is 6.31. The Labute approximate surface area is 106 Å². The molecule has 5 heteroatoms. The fourth-order valence-corrected chi connectivity index (χ4v) is 1.87. The molecule has 94 valence electrons. The number of hydrogen-bond donors (Lipinski definition) is 1. The number of benzene rings is 1. The summed E-state index contributed by atoms with van der Waals surface area (Å²) in [6, 6.07) is 5.04. The molecule has 0 spiro atoms. The molecule has 0 aliphatic heterocycles. The van der Waals surface area contributed by atoms with Crippen molar-refractivity contribution in [3.05, 3.63) is 38.9 Å². The molecule has 0 unspecified atom stereocenters. The van der Waals surface area contributed by atoms with E-state index < -0.39 is 4.92 Å². The maximum Gasteiger partial charge on any atom is 0.270 e. The van der Waals surface area contributed by atoms with Crippen LogP contribution in [0.5, 0.6) is 0 Å². The second kappa shape index (κ2) is 6.57. The van der Waals surface area contributed by atoms with Gasteiger partial charge in [0.25, 0.3) is 5.69 Å². The second-order valence-corrected chi connectivity index (χ2v) is 4.33. The Morgan fingerprint density at radius 3 is 2.53 bits per heavy atom. The van der Waals surface area contributed by atoms with Crippen LogP contribution < -0.4 is 5.32 Å². The Bertz CT molecular complexity index is 392. The van der Waals surface area contributed by atoms with Crippen molar-refractivity contribution in [1.82, 2.24) is 5.32 Å². The van der Waals surface area contributed by atoms with E-state index in [1.54, 1.807) is 6.07 Å². The van der Waals surface area contributed by atoms with Gasteiger partial charge in [-0.25, -0.2) is 0 Å². The molecule has 1 rings (SSSR count). The van der Waals surface area contributed by atoms with Gasteiger partial charge in [-0.3, -0.25) is 10.1 Å². The summed E-state index contributed by atoms with van der Waals surface area (Å²) in [6.07, 6.45) is 2.11. The number of nitrogens with zero attached hydrogens (tertiary/aromatic N) is 1.